The highest BCUT2D eigenvalue weighted by molar-refractivity contribution is 8.04. The zero-order chi connectivity index (χ0) is 9.72. The van der Waals surface area contributed by atoms with Crippen LogP contribution >= 0.6 is 0 Å². The van der Waals surface area contributed by atoms with Crippen molar-refractivity contribution >= 4 is 16.4 Å². The van der Waals surface area contributed by atoms with Gasteiger partial charge in [-0.25, -0.2) is 0 Å². The highest BCUT2D eigenvalue weighted by atomic mass is 32.2. The molecule has 0 aromatic rings. The molecule has 0 spiro atoms. The minimum absolute atomic E-state index is 0.234. The van der Waals surface area contributed by atoms with Crippen molar-refractivity contribution < 1.29 is 17.7 Å². The third kappa shape index (κ3) is 4.21. The first-order valence-corrected chi connectivity index (χ1v) is 3.81. The SMILES string of the molecule is N=C(/C(F)=C\NC(F)F)[S+](N)[O-]. The topological polar surface area (TPSA) is 85.0 Å². The molecular weight excluding hydrogens is 195 g/mol. The Bertz CT molecular complexity index is 196. The summed E-state index contributed by atoms with van der Waals surface area (Å²) >= 11 is -2.30. The number of nitrogens with one attached hydrogen (secondary N) is 2. The fourth-order valence-corrected chi connectivity index (χ4v) is 0.549. The van der Waals surface area contributed by atoms with Gasteiger partial charge in [-0.1, -0.05) is 0 Å². The first-order chi connectivity index (χ1) is 5.45. The van der Waals surface area contributed by atoms with Gasteiger partial charge in [0, 0.05) is 6.20 Å². The summed E-state index contributed by atoms with van der Waals surface area (Å²) < 4.78 is 45.3. The van der Waals surface area contributed by atoms with Crippen molar-refractivity contribution in [2.75, 3.05) is 0 Å². The van der Waals surface area contributed by atoms with Gasteiger partial charge in [-0.05, 0) is 0 Å². The van der Waals surface area contributed by atoms with Crippen molar-refractivity contribution in [3.05, 3.63) is 12.0 Å². The van der Waals surface area contributed by atoms with Crippen LogP contribution in [0.4, 0.5) is 13.2 Å². The molecule has 4 nitrogen and oxygen atoms in total. The second-order valence-corrected chi connectivity index (χ2v) is 2.59. The lowest BCUT2D eigenvalue weighted by Gasteiger charge is -2.01. The predicted molar refractivity (Wildman–Crippen MR) is 38.4 cm³/mol. The maximum atomic E-state index is 12.4. The highest BCUT2D eigenvalue weighted by Crippen LogP contribution is 2.01. The van der Waals surface area contributed by atoms with E-state index in [0.29, 0.717) is 0 Å². The van der Waals surface area contributed by atoms with Crippen LogP contribution in [0.5, 0.6) is 0 Å². The first kappa shape index (κ1) is 11.3. The fourth-order valence-electron chi connectivity index (χ4n) is 0.298. The average molecular weight is 201 g/mol. The molecule has 0 rings (SSSR count). The summed E-state index contributed by atoms with van der Waals surface area (Å²) in [6.07, 6.45) is 0.234. The van der Waals surface area contributed by atoms with Gasteiger partial charge in [-0.2, -0.15) is 13.2 Å². The molecule has 1 atom stereocenters. The van der Waals surface area contributed by atoms with Crippen LogP contribution in [0.25, 0.3) is 0 Å². The normalized spacial score (nSPS) is 14.7. The van der Waals surface area contributed by atoms with E-state index in [1.165, 1.54) is 5.32 Å². The molecule has 12 heavy (non-hydrogen) atoms. The van der Waals surface area contributed by atoms with E-state index in [2.05, 4.69) is 5.14 Å². The maximum Gasteiger partial charge on any atom is 0.312 e. The van der Waals surface area contributed by atoms with Gasteiger partial charge < -0.3 is 9.87 Å². The molecule has 0 aliphatic heterocycles. The van der Waals surface area contributed by atoms with Crippen molar-refractivity contribution in [2.45, 2.75) is 6.55 Å². The second-order valence-electron chi connectivity index (χ2n) is 1.59. The summed E-state index contributed by atoms with van der Waals surface area (Å²) in [7, 11) is 0. The van der Waals surface area contributed by atoms with Gasteiger partial charge in [-0.15, -0.1) is 5.14 Å². The van der Waals surface area contributed by atoms with Gasteiger partial charge in [-0.3, -0.25) is 5.41 Å². The predicted octanol–water partition coefficient (Wildman–Crippen LogP) is 0.209. The van der Waals surface area contributed by atoms with Crippen LogP contribution in [-0.2, 0) is 11.4 Å². The minimum atomic E-state index is -2.94. The van der Waals surface area contributed by atoms with Crippen molar-refractivity contribution in [1.82, 2.24) is 5.32 Å². The van der Waals surface area contributed by atoms with E-state index in [1.54, 1.807) is 0 Å². The summed E-state index contributed by atoms with van der Waals surface area (Å²) in [6.45, 7) is -2.94. The number of hydrogen-bond donors (Lipinski definition) is 3. The Morgan fingerprint density at radius 1 is 1.67 bits per heavy atom. The van der Waals surface area contributed by atoms with Crippen LogP contribution in [0.3, 0.4) is 0 Å². The lowest BCUT2D eigenvalue weighted by Crippen LogP contribution is -2.24. The second kappa shape index (κ2) is 5.01. The van der Waals surface area contributed by atoms with Crippen LogP contribution in [0.15, 0.2) is 12.0 Å². The van der Waals surface area contributed by atoms with Gasteiger partial charge in [0.05, 0.1) is 11.4 Å². The van der Waals surface area contributed by atoms with E-state index in [9.17, 15) is 17.7 Å². The van der Waals surface area contributed by atoms with Gasteiger partial charge in [0.1, 0.15) is 0 Å². The molecule has 8 heteroatoms. The Labute approximate surface area is 69.4 Å². The Balaban J connectivity index is 4.09. The van der Waals surface area contributed by atoms with Crippen LogP contribution in [0.2, 0.25) is 0 Å². The van der Waals surface area contributed by atoms with Gasteiger partial charge in [0.2, 0.25) is 5.83 Å². The lowest BCUT2D eigenvalue weighted by atomic mass is 10.6. The van der Waals surface area contributed by atoms with Crippen molar-refractivity contribution in [1.29, 1.82) is 5.41 Å². The highest BCUT2D eigenvalue weighted by Gasteiger charge is 2.16. The molecule has 0 aliphatic rings. The number of hydrogen-bond acceptors (Lipinski definition) is 4. The molecule has 0 saturated carbocycles. The summed E-state index contributed by atoms with van der Waals surface area (Å²) in [5, 5.41) is 11.5. The van der Waals surface area contributed by atoms with E-state index in [4.69, 9.17) is 5.41 Å². The van der Waals surface area contributed by atoms with Crippen LogP contribution in [0.1, 0.15) is 0 Å². The van der Waals surface area contributed by atoms with Gasteiger partial charge in [0.25, 0.3) is 5.04 Å². The molecule has 0 fully saturated rings. The molecule has 0 saturated heterocycles. The van der Waals surface area contributed by atoms with E-state index in [-0.39, 0.29) is 6.20 Å². The molecule has 0 heterocycles. The van der Waals surface area contributed by atoms with Crippen molar-refractivity contribution in [3.8, 4) is 0 Å². The quantitative estimate of drug-likeness (QED) is 0.264. The van der Waals surface area contributed by atoms with E-state index in [1.807, 2.05) is 0 Å². The number of rotatable bonds is 3. The molecule has 0 radical (unpaired) electrons. The largest absolute Gasteiger partial charge is 0.592 e. The number of halogens is 3. The zero-order valence-corrected chi connectivity index (χ0v) is 6.50. The molecule has 0 aromatic carbocycles. The van der Waals surface area contributed by atoms with Gasteiger partial charge >= 0.3 is 6.55 Å². The molecule has 70 valence electrons. The van der Waals surface area contributed by atoms with E-state index < -0.39 is 28.8 Å². The van der Waals surface area contributed by atoms with E-state index >= 15 is 0 Å². The summed E-state index contributed by atoms with van der Waals surface area (Å²) in [6, 6.07) is 0. The first-order valence-electron chi connectivity index (χ1n) is 2.60. The molecule has 0 bridgehead atoms. The molecule has 1 unspecified atom stereocenters. The Kier molecular flexibility index (Phi) is 4.71. The number of alkyl halides is 2. The summed E-state index contributed by atoms with van der Waals surface area (Å²) in [5.74, 6) is -1.38. The third-order valence-electron chi connectivity index (χ3n) is 0.754. The van der Waals surface area contributed by atoms with E-state index in [0.717, 1.165) is 0 Å². The monoisotopic (exact) mass is 201 g/mol. The number of nitrogens with two attached hydrogens (primary N) is 1. The summed E-state index contributed by atoms with van der Waals surface area (Å²) in [5.41, 5.74) is 0. The smallest absolute Gasteiger partial charge is 0.312 e. The molecule has 0 amide bonds. The Hall–Kier alpha value is -0.730. The van der Waals surface area contributed by atoms with Crippen LogP contribution < -0.4 is 10.5 Å². The summed E-state index contributed by atoms with van der Waals surface area (Å²) in [4.78, 5) is 0. The Morgan fingerprint density at radius 3 is 2.50 bits per heavy atom. The fraction of sp³-hybridized carbons (Fsp3) is 0.250. The van der Waals surface area contributed by atoms with Crippen molar-refractivity contribution in [2.24, 2.45) is 5.14 Å². The minimum Gasteiger partial charge on any atom is -0.592 e. The van der Waals surface area contributed by atoms with Gasteiger partial charge in [0.15, 0.2) is 0 Å². The molecule has 0 aliphatic carbocycles. The zero-order valence-electron chi connectivity index (χ0n) is 5.68. The maximum absolute atomic E-state index is 12.4. The molecular formula is C4H6F3N3OS. The molecule has 4 N–H and O–H groups in total. The molecule has 0 aromatic heterocycles. The Morgan fingerprint density at radius 2 is 2.17 bits per heavy atom. The third-order valence-corrected chi connectivity index (χ3v) is 1.35. The standard InChI is InChI=1S/C4H6F3N3OS/c5-2(1-10-4(6)7)3(8)12(9)11/h1,4,8,10H,9H2/b2-1+,8-3?. The average Bonchev–Trinajstić information content (AvgIpc) is 1.98. The van der Waals surface area contributed by atoms with Crippen molar-refractivity contribution in [3.63, 3.8) is 0 Å². The van der Waals surface area contributed by atoms with Crippen LogP contribution in [0, 0.1) is 5.41 Å². The lowest BCUT2D eigenvalue weighted by molar-refractivity contribution is 0.124. The van der Waals surface area contributed by atoms with Crippen LogP contribution in [-0.4, -0.2) is 16.1 Å².